The number of hydrogen-bond donors (Lipinski definition) is 3. The van der Waals surface area contributed by atoms with Crippen LogP contribution in [-0.4, -0.2) is 55.3 Å². The summed E-state index contributed by atoms with van der Waals surface area (Å²) in [7, 11) is 3.48. The Morgan fingerprint density at radius 1 is 1.17 bits per heavy atom. The van der Waals surface area contributed by atoms with Gasteiger partial charge in [-0.15, -0.1) is 0 Å². The Kier molecular flexibility index (Phi) is 9.21. The number of amides is 2. The number of pyridine rings is 1. The number of aliphatic hydroxyl groups is 1. The smallest absolute Gasteiger partial charge is 0.383 e. The van der Waals surface area contributed by atoms with Gasteiger partial charge in [-0.25, -0.2) is 4.98 Å². The van der Waals surface area contributed by atoms with Crippen LogP contribution in [0.25, 0.3) is 5.57 Å². The van der Waals surface area contributed by atoms with Gasteiger partial charge in [0.05, 0.1) is 12.2 Å². The predicted octanol–water partition coefficient (Wildman–Crippen LogP) is 4.67. The highest BCUT2D eigenvalue weighted by Crippen LogP contribution is 2.32. The van der Waals surface area contributed by atoms with Crippen LogP contribution in [0.5, 0.6) is 0 Å². The van der Waals surface area contributed by atoms with Crippen molar-refractivity contribution in [3.8, 4) is 0 Å². The molecule has 1 unspecified atom stereocenters. The van der Waals surface area contributed by atoms with Gasteiger partial charge in [0.1, 0.15) is 11.9 Å². The quantitative estimate of drug-likeness (QED) is 0.257. The van der Waals surface area contributed by atoms with Crippen LogP contribution in [-0.2, 0) is 26.9 Å². The molecule has 0 saturated carbocycles. The van der Waals surface area contributed by atoms with Gasteiger partial charge >= 0.3 is 6.18 Å². The Hall–Kier alpha value is -4.48. The van der Waals surface area contributed by atoms with Crippen LogP contribution in [0.4, 0.5) is 30.4 Å². The number of carbonyl (C=O) groups is 2. The van der Waals surface area contributed by atoms with Crippen molar-refractivity contribution in [1.82, 2.24) is 4.98 Å². The average Bonchev–Trinajstić information content (AvgIpc) is 2.95. The summed E-state index contributed by atoms with van der Waals surface area (Å²) in [5.74, 6) is -0.285. The third-order valence-electron chi connectivity index (χ3n) is 6.51. The summed E-state index contributed by atoms with van der Waals surface area (Å²) in [5.41, 5.74) is 2.49. The summed E-state index contributed by atoms with van der Waals surface area (Å²) in [6, 6.07) is 13.4. The molecule has 4 rings (SSSR count). The summed E-state index contributed by atoms with van der Waals surface area (Å²) >= 11 is 0. The zero-order chi connectivity index (χ0) is 29.6. The fourth-order valence-corrected chi connectivity index (χ4v) is 4.26. The predicted molar refractivity (Wildman–Crippen MR) is 150 cm³/mol. The number of halogens is 3. The molecule has 2 aromatic carbocycles. The maximum absolute atomic E-state index is 13.1. The lowest BCUT2D eigenvalue weighted by Crippen LogP contribution is -2.34. The van der Waals surface area contributed by atoms with Crippen LogP contribution in [0, 0.1) is 0 Å². The number of benzene rings is 2. The molecule has 0 saturated heterocycles. The molecule has 1 atom stereocenters. The van der Waals surface area contributed by atoms with Crippen LogP contribution in [0.2, 0.25) is 0 Å². The number of fused-ring (bicyclic) bond motifs is 1. The summed E-state index contributed by atoms with van der Waals surface area (Å²) in [4.78, 5) is 30.9. The number of alkyl halides is 3. The number of rotatable bonds is 9. The molecular weight excluding hydrogens is 537 g/mol. The van der Waals surface area contributed by atoms with Gasteiger partial charge in [0, 0.05) is 61.9 Å². The first-order chi connectivity index (χ1) is 19.6. The lowest BCUT2D eigenvalue weighted by atomic mass is 9.97. The number of allylic oxidation sites excluding steroid dienone is 2. The van der Waals surface area contributed by atoms with Crippen molar-refractivity contribution in [3.63, 3.8) is 0 Å². The van der Waals surface area contributed by atoms with Gasteiger partial charge in [-0.2, -0.15) is 13.2 Å². The number of methoxy groups -OCH3 is 1. The molecule has 11 heteroatoms. The zero-order valence-corrected chi connectivity index (χ0v) is 22.4. The normalized spacial score (nSPS) is 15.4. The van der Waals surface area contributed by atoms with Gasteiger partial charge in [0.2, 0.25) is 5.91 Å². The summed E-state index contributed by atoms with van der Waals surface area (Å²) in [5, 5.41) is 15.3. The van der Waals surface area contributed by atoms with Crippen LogP contribution < -0.4 is 15.5 Å². The van der Waals surface area contributed by atoms with E-state index < -0.39 is 29.7 Å². The Balaban J connectivity index is 1.59. The van der Waals surface area contributed by atoms with Gasteiger partial charge in [-0.05, 0) is 47.5 Å². The fraction of sp³-hybridized carbons (Fsp3) is 0.233. The summed E-state index contributed by atoms with van der Waals surface area (Å²) in [6.45, 7) is 1.14. The monoisotopic (exact) mass is 566 g/mol. The van der Waals surface area contributed by atoms with Crippen LogP contribution in [0.15, 0.2) is 79.0 Å². The number of hydrogen-bond acceptors (Lipinski definition) is 6. The third kappa shape index (κ3) is 7.38. The molecule has 1 aromatic heterocycles. The molecule has 41 heavy (non-hydrogen) atoms. The molecule has 0 bridgehead atoms. The van der Waals surface area contributed by atoms with Crippen molar-refractivity contribution in [3.05, 3.63) is 101 Å². The summed E-state index contributed by atoms with van der Waals surface area (Å²) < 4.78 is 44.5. The zero-order valence-electron chi connectivity index (χ0n) is 22.4. The number of ether oxygens (including phenoxy) is 1. The molecule has 0 fully saturated rings. The van der Waals surface area contributed by atoms with Crippen molar-refractivity contribution in [2.75, 3.05) is 42.8 Å². The first kappa shape index (κ1) is 29.5. The van der Waals surface area contributed by atoms with E-state index in [9.17, 15) is 27.9 Å². The Labute approximate surface area is 235 Å². The third-order valence-corrected chi connectivity index (χ3v) is 6.51. The van der Waals surface area contributed by atoms with Crippen molar-refractivity contribution in [2.24, 2.45) is 0 Å². The minimum atomic E-state index is -4.47. The average molecular weight is 567 g/mol. The van der Waals surface area contributed by atoms with E-state index in [1.54, 1.807) is 49.7 Å². The molecule has 2 heterocycles. The highest BCUT2D eigenvalue weighted by Gasteiger charge is 2.30. The van der Waals surface area contributed by atoms with E-state index in [-0.39, 0.29) is 6.42 Å². The number of likely N-dealkylation sites (N-methyl/N-ethyl adjacent to an activating group) is 1. The van der Waals surface area contributed by atoms with E-state index in [1.165, 1.54) is 24.3 Å². The molecule has 2 amide bonds. The SMILES string of the molecule is COCCN(C)c1ccc(/C(=C/C=C/C(=O)Nc2cccc3c2CC(O)C(=O)N3)c2ccc(C(F)(F)F)cc2)cn1. The number of nitrogens with one attached hydrogen (secondary N) is 2. The van der Waals surface area contributed by atoms with Crippen LogP contribution in [0.3, 0.4) is 0 Å². The topological polar surface area (TPSA) is 104 Å². The maximum atomic E-state index is 13.1. The second-order valence-electron chi connectivity index (χ2n) is 9.36. The molecular formula is C30H29F3N4O4. The van der Waals surface area contributed by atoms with E-state index in [2.05, 4.69) is 15.6 Å². The molecule has 0 aliphatic carbocycles. The largest absolute Gasteiger partial charge is 0.416 e. The number of anilines is 3. The Morgan fingerprint density at radius 2 is 1.90 bits per heavy atom. The molecule has 8 nitrogen and oxygen atoms in total. The van der Waals surface area contributed by atoms with E-state index in [0.717, 1.165) is 12.1 Å². The highest BCUT2D eigenvalue weighted by molar-refractivity contribution is 6.03. The van der Waals surface area contributed by atoms with Crippen LogP contribution in [0.1, 0.15) is 22.3 Å². The number of aromatic nitrogens is 1. The first-order valence-electron chi connectivity index (χ1n) is 12.7. The van der Waals surface area contributed by atoms with E-state index >= 15 is 0 Å². The highest BCUT2D eigenvalue weighted by atomic mass is 19.4. The molecule has 0 spiro atoms. The van der Waals surface area contributed by atoms with Gasteiger partial charge in [-0.3, -0.25) is 9.59 Å². The molecule has 214 valence electrons. The second-order valence-corrected chi connectivity index (χ2v) is 9.36. The Morgan fingerprint density at radius 3 is 2.56 bits per heavy atom. The van der Waals surface area contributed by atoms with Gasteiger partial charge < -0.3 is 25.4 Å². The van der Waals surface area contributed by atoms with Gasteiger partial charge in [0.25, 0.3) is 5.91 Å². The maximum Gasteiger partial charge on any atom is 0.416 e. The standard InChI is InChI=1S/C30H29F3N4O4/c1-37(15-16-41-2)27-14-11-20(18-34-27)22(19-9-12-21(13-10-19)30(31,32)33)5-3-8-28(39)35-24-6-4-7-25-23(24)17-26(38)29(40)36-25/h3-14,18,26,38H,15-17H2,1-2H3,(H,35,39)(H,36,40)/b8-3+,22-5+. The van der Waals surface area contributed by atoms with Crippen molar-refractivity contribution in [2.45, 2.75) is 18.7 Å². The molecule has 0 radical (unpaired) electrons. The minimum absolute atomic E-state index is 0.0585. The lowest BCUT2D eigenvalue weighted by molar-refractivity contribution is -0.137. The fourth-order valence-electron chi connectivity index (χ4n) is 4.26. The molecule has 3 aromatic rings. The van der Waals surface area contributed by atoms with Crippen molar-refractivity contribution in [1.29, 1.82) is 0 Å². The van der Waals surface area contributed by atoms with Gasteiger partial charge in [0.15, 0.2) is 0 Å². The number of aliphatic hydroxyl groups excluding tert-OH is 1. The Bertz CT molecular complexity index is 1450. The van der Waals surface area contributed by atoms with Crippen molar-refractivity contribution >= 4 is 34.6 Å². The molecule has 1 aliphatic rings. The number of carbonyl (C=O) groups excluding carboxylic acids is 2. The van der Waals surface area contributed by atoms with E-state index in [4.69, 9.17) is 4.74 Å². The van der Waals surface area contributed by atoms with Crippen molar-refractivity contribution < 1.29 is 32.6 Å². The lowest BCUT2D eigenvalue weighted by Gasteiger charge is -2.23. The first-order valence-corrected chi connectivity index (χ1v) is 12.7. The number of nitrogens with zero attached hydrogens (tertiary/aromatic N) is 2. The van der Waals surface area contributed by atoms with E-state index in [1.807, 2.05) is 11.9 Å². The van der Waals surface area contributed by atoms with E-state index in [0.29, 0.717) is 52.6 Å². The van der Waals surface area contributed by atoms with Gasteiger partial charge in [-0.1, -0.05) is 30.4 Å². The molecule has 3 N–H and O–H groups in total. The molecule has 1 aliphatic heterocycles. The van der Waals surface area contributed by atoms with Crippen LogP contribution >= 0.6 is 0 Å². The second kappa shape index (κ2) is 12.8. The minimum Gasteiger partial charge on any atom is -0.383 e. The summed E-state index contributed by atoms with van der Waals surface area (Å²) in [6.07, 6.45) is 0.387.